The molecule has 0 bridgehead atoms. The van der Waals surface area contributed by atoms with Crippen LogP contribution < -0.4 is 10.6 Å². The quantitative estimate of drug-likeness (QED) is 0.742. The number of anilines is 1. The minimum atomic E-state index is -0.603. The van der Waals surface area contributed by atoms with Gasteiger partial charge in [0.2, 0.25) is 0 Å². The summed E-state index contributed by atoms with van der Waals surface area (Å²) in [6.07, 6.45) is 1.46. The van der Waals surface area contributed by atoms with Gasteiger partial charge in [-0.2, -0.15) is 0 Å². The molecule has 1 aromatic heterocycles. The lowest BCUT2D eigenvalue weighted by Gasteiger charge is -2.26. The van der Waals surface area contributed by atoms with Crippen LogP contribution in [0.4, 0.5) is 5.82 Å². The van der Waals surface area contributed by atoms with Crippen molar-refractivity contribution in [1.82, 2.24) is 10.2 Å². The van der Waals surface area contributed by atoms with Gasteiger partial charge >= 0.3 is 0 Å². The van der Waals surface area contributed by atoms with Gasteiger partial charge < -0.3 is 10.6 Å². The first kappa shape index (κ1) is 10.5. The molecule has 0 saturated carbocycles. The fourth-order valence-corrected chi connectivity index (χ4v) is 1.66. The smallest absolute Gasteiger partial charge is 0.269 e. The number of piperidine rings is 1. The highest BCUT2D eigenvalue weighted by Gasteiger charge is 2.18. The Morgan fingerprint density at radius 3 is 2.75 bits per heavy atom. The number of carbonyl (C=O) groups is 2. The lowest BCUT2D eigenvalue weighted by Crippen LogP contribution is -2.36. The first-order chi connectivity index (χ1) is 7.66. The molecule has 0 radical (unpaired) electrons. The van der Waals surface area contributed by atoms with E-state index in [0.29, 0.717) is 18.8 Å². The van der Waals surface area contributed by atoms with Crippen LogP contribution in [0.2, 0.25) is 0 Å². The van der Waals surface area contributed by atoms with Gasteiger partial charge in [0.05, 0.1) is 6.54 Å². The number of hydrogen-bond donors (Lipinski definition) is 1. The monoisotopic (exact) mass is 220 g/mol. The summed E-state index contributed by atoms with van der Waals surface area (Å²) in [6, 6.07) is 3.18. The molecule has 1 saturated heterocycles. The molecule has 16 heavy (non-hydrogen) atoms. The molecule has 0 aromatic carbocycles. The average molecular weight is 220 g/mol. The van der Waals surface area contributed by atoms with E-state index < -0.39 is 5.91 Å². The molecule has 1 aliphatic heterocycles. The van der Waals surface area contributed by atoms with Gasteiger partial charge in [0.25, 0.3) is 5.91 Å². The van der Waals surface area contributed by atoms with Gasteiger partial charge in [-0.05, 0) is 18.6 Å². The van der Waals surface area contributed by atoms with Crippen LogP contribution in [0.15, 0.2) is 12.1 Å². The van der Waals surface area contributed by atoms with Crippen molar-refractivity contribution in [3.63, 3.8) is 0 Å². The third-order valence-corrected chi connectivity index (χ3v) is 2.48. The first-order valence-electron chi connectivity index (χ1n) is 5.07. The van der Waals surface area contributed by atoms with Crippen molar-refractivity contribution in [1.29, 1.82) is 0 Å². The molecule has 2 N–H and O–H groups in total. The highest BCUT2D eigenvalue weighted by atomic mass is 16.1. The normalized spacial score (nSPS) is 16.2. The number of nitrogens with zero attached hydrogens (tertiary/aromatic N) is 3. The molecule has 2 heterocycles. The Labute approximate surface area is 92.4 Å². The number of ketones is 1. The highest BCUT2D eigenvalue weighted by Crippen LogP contribution is 2.14. The van der Waals surface area contributed by atoms with Gasteiger partial charge in [-0.25, -0.2) is 0 Å². The number of aromatic nitrogens is 2. The van der Waals surface area contributed by atoms with Crippen molar-refractivity contribution in [2.45, 2.75) is 12.8 Å². The van der Waals surface area contributed by atoms with E-state index in [1.165, 1.54) is 6.07 Å². The Kier molecular flexibility index (Phi) is 2.80. The predicted molar refractivity (Wildman–Crippen MR) is 57.0 cm³/mol. The fourth-order valence-electron chi connectivity index (χ4n) is 1.66. The number of nitrogens with two attached hydrogens (primary N) is 1. The summed E-state index contributed by atoms with van der Waals surface area (Å²) in [5.74, 6) is 0.207. The maximum Gasteiger partial charge on any atom is 0.269 e. The van der Waals surface area contributed by atoms with Crippen LogP contribution in [0.3, 0.4) is 0 Å². The number of rotatable bonds is 2. The number of hydrogen-bond acceptors (Lipinski definition) is 5. The van der Waals surface area contributed by atoms with Crippen molar-refractivity contribution in [3.8, 4) is 0 Å². The lowest BCUT2D eigenvalue weighted by molar-refractivity contribution is -0.118. The summed E-state index contributed by atoms with van der Waals surface area (Å²) >= 11 is 0. The van der Waals surface area contributed by atoms with Crippen molar-refractivity contribution in [2.75, 3.05) is 18.0 Å². The summed E-state index contributed by atoms with van der Waals surface area (Å²) in [5.41, 5.74) is 5.19. The van der Waals surface area contributed by atoms with Crippen molar-refractivity contribution >= 4 is 17.5 Å². The second-order valence-electron chi connectivity index (χ2n) is 3.70. The van der Waals surface area contributed by atoms with Gasteiger partial charge in [-0.15, -0.1) is 10.2 Å². The Bertz CT molecular complexity index is 415. The molecule has 0 spiro atoms. The van der Waals surface area contributed by atoms with Crippen LogP contribution in [0, 0.1) is 0 Å². The van der Waals surface area contributed by atoms with Gasteiger partial charge in [0.15, 0.2) is 17.3 Å². The van der Waals surface area contributed by atoms with Crippen molar-refractivity contribution in [3.05, 3.63) is 17.8 Å². The van der Waals surface area contributed by atoms with E-state index in [2.05, 4.69) is 10.2 Å². The molecule has 84 valence electrons. The summed E-state index contributed by atoms with van der Waals surface area (Å²) in [4.78, 5) is 23.9. The van der Waals surface area contributed by atoms with Gasteiger partial charge in [0.1, 0.15) is 0 Å². The molecule has 2 rings (SSSR count). The van der Waals surface area contributed by atoms with Crippen molar-refractivity contribution < 1.29 is 9.59 Å². The summed E-state index contributed by atoms with van der Waals surface area (Å²) in [5, 5.41) is 7.58. The molecule has 1 aromatic rings. The zero-order valence-corrected chi connectivity index (χ0v) is 8.72. The molecular weight excluding hydrogens is 208 g/mol. The Morgan fingerprint density at radius 1 is 1.38 bits per heavy atom. The Morgan fingerprint density at radius 2 is 2.19 bits per heavy atom. The number of Topliss-reactive ketones (excluding diaryl/α,β-unsaturated/α-hetero) is 1. The molecule has 1 aliphatic rings. The third-order valence-electron chi connectivity index (χ3n) is 2.48. The predicted octanol–water partition coefficient (Wildman–Crippen LogP) is -0.255. The van der Waals surface area contributed by atoms with Crippen LogP contribution in [-0.2, 0) is 4.79 Å². The maximum atomic E-state index is 11.3. The van der Waals surface area contributed by atoms with E-state index in [1.54, 1.807) is 6.07 Å². The summed E-state index contributed by atoms with van der Waals surface area (Å²) in [7, 11) is 0. The van der Waals surface area contributed by atoms with Gasteiger partial charge in [-0.3, -0.25) is 9.59 Å². The first-order valence-corrected chi connectivity index (χ1v) is 5.07. The minimum absolute atomic E-state index is 0.132. The number of primary amides is 1. The minimum Gasteiger partial charge on any atom is -0.364 e. The Hall–Kier alpha value is -1.98. The van der Waals surface area contributed by atoms with Crippen LogP contribution in [0.25, 0.3) is 0 Å². The summed E-state index contributed by atoms with van der Waals surface area (Å²) < 4.78 is 0. The van der Waals surface area contributed by atoms with E-state index in [4.69, 9.17) is 5.73 Å². The van der Waals surface area contributed by atoms with Crippen LogP contribution in [0.5, 0.6) is 0 Å². The van der Waals surface area contributed by atoms with Gasteiger partial charge in [0, 0.05) is 13.0 Å². The van der Waals surface area contributed by atoms with Crippen LogP contribution >= 0.6 is 0 Å². The molecule has 0 aliphatic carbocycles. The van der Waals surface area contributed by atoms with Crippen LogP contribution in [-0.4, -0.2) is 35.0 Å². The average Bonchev–Trinajstić information content (AvgIpc) is 2.29. The highest BCUT2D eigenvalue weighted by molar-refractivity contribution is 5.90. The molecule has 6 heteroatoms. The lowest BCUT2D eigenvalue weighted by atomic mass is 10.1. The number of amides is 1. The Balaban J connectivity index is 2.14. The maximum absolute atomic E-state index is 11.3. The van der Waals surface area contributed by atoms with E-state index >= 15 is 0 Å². The molecule has 1 amide bonds. The second-order valence-corrected chi connectivity index (χ2v) is 3.70. The standard InChI is InChI=1S/C10H12N4O2/c11-10(16)8-3-4-9(13-12-8)14-5-1-2-7(15)6-14/h3-4H,1-2,5-6H2,(H2,11,16). The molecule has 1 fully saturated rings. The molecule has 0 unspecified atom stereocenters. The molecular formula is C10H12N4O2. The zero-order chi connectivity index (χ0) is 11.5. The van der Waals surface area contributed by atoms with E-state index in [9.17, 15) is 9.59 Å². The number of carbonyl (C=O) groups excluding carboxylic acids is 2. The van der Waals surface area contributed by atoms with Crippen LogP contribution in [0.1, 0.15) is 23.3 Å². The third kappa shape index (κ3) is 2.16. The topological polar surface area (TPSA) is 89.2 Å². The molecule has 6 nitrogen and oxygen atoms in total. The summed E-state index contributed by atoms with van der Waals surface area (Å²) in [6.45, 7) is 1.15. The zero-order valence-electron chi connectivity index (χ0n) is 8.72. The SMILES string of the molecule is NC(=O)c1ccc(N2CCCC(=O)C2)nn1. The fraction of sp³-hybridized carbons (Fsp3) is 0.400. The largest absolute Gasteiger partial charge is 0.364 e. The second kappa shape index (κ2) is 4.26. The van der Waals surface area contributed by atoms with Gasteiger partial charge in [-0.1, -0.05) is 0 Å². The van der Waals surface area contributed by atoms with E-state index in [-0.39, 0.29) is 11.5 Å². The van der Waals surface area contributed by atoms with E-state index in [0.717, 1.165) is 13.0 Å². The molecule has 0 atom stereocenters. The van der Waals surface area contributed by atoms with E-state index in [1.807, 2.05) is 4.90 Å². The van der Waals surface area contributed by atoms with Crippen molar-refractivity contribution in [2.24, 2.45) is 5.73 Å².